The maximum Gasteiger partial charge on any atom is -0.00918 e. The first-order valence-electron chi connectivity index (χ1n) is 2.85. The van der Waals surface area contributed by atoms with Gasteiger partial charge in [-0.05, 0) is 30.4 Å². The van der Waals surface area contributed by atoms with Crippen LogP contribution < -0.4 is 0 Å². The molecule has 7 heavy (non-hydrogen) atoms. The average Bonchev–Trinajstić information content (AvgIpc) is 2.10. The highest BCUT2D eigenvalue weighted by Gasteiger charge is 2.15. The summed E-state index contributed by atoms with van der Waals surface area (Å²) < 4.78 is 0. The SMILES string of the molecule is C1=C(C2=CCC2)C1. The van der Waals surface area contributed by atoms with Crippen molar-refractivity contribution in [2.24, 2.45) is 0 Å². The molecule has 0 saturated carbocycles. The maximum absolute atomic E-state index is 2.33. The van der Waals surface area contributed by atoms with Crippen molar-refractivity contribution in [3.8, 4) is 0 Å². The van der Waals surface area contributed by atoms with E-state index in [2.05, 4.69) is 12.2 Å². The Labute approximate surface area is 43.5 Å². The average molecular weight is 92.1 g/mol. The van der Waals surface area contributed by atoms with Crippen molar-refractivity contribution < 1.29 is 0 Å². The second kappa shape index (κ2) is 1.00. The molecule has 0 aliphatic heterocycles. The third kappa shape index (κ3) is 0.426. The van der Waals surface area contributed by atoms with E-state index in [0.29, 0.717) is 0 Å². The second-order valence-corrected chi connectivity index (χ2v) is 2.20. The minimum atomic E-state index is 1.28. The number of allylic oxidation sites excluding steroid dienone is 4. The third-order valence-electron chi connectivity index (χ3n) is 1.63. The van der Waals surface area contributed by atoms with Crippen LogP contribution in [0.15, 0.2) is 23.3 Å². The van der Waals surface area contributed by atoms with Gasteiger partial charge >= 0.3 is 0 Å². The summed E-state index contributed by atoms with van der Waals surface area (Å²) >= 11 is 0. The van der Waals surface area contributed by atoms with Crippen LogP contribution in [0.2, 0.25) is 0 Å². The zero-order valence-corrected chi connectivity index (χ0v) is 4.28. The van der Waals surface area contributed by atoms with Gasteiger partial charge in [0.25, 0.3) is 0 Å². The van der Waals surface area contributed by atoms with Crippen LogP contribution in [0.1, 0.15) is 19.3 Å². The van der Waals surface area contributed by atoms with Gasteiger partial charge in [-0.15, -0.1) is 0 Å². The molecule has 0 aromatic heterocycles. The molecule has 2 aliphatic carbocycles. The van der Waals surface area contributed by atoms with E-state index in [0.717, 1.165) is 0 Å². The molecule has 36 valence electrons. The van der Waals surface area contributed by atoms with E-state index in [1.807, 2.05) is 0 Å². The van der Waals surface area contributed by atoms with E-state index in [1.54, 1.807) is 11.1 Å². The van der Waals surface area contributed by atoms with Gasteiger partial charge in [-0.25, -0.2) is 0 Å². The molecule has 0 heterocycles. The fraction of sp³-hybridized carbons (Fsp3) is 0.429. The van der Waals surface area contributed by atoms with E-state index in [-0.39, 0.29) is 0 Å². The zero-order chi connectivity index (χ0) is 4.69. The molecular weight excluding hydrogens is 84.1 g/mol. The van der Waals surface area contributed by atoms with Gasteiger partial charge in [0.05, 0.1) is 0 Å². The molecule has 0 unspecified atom stereocenters. The minimum Gasteiger partial charge on any atom is -0.0807 e. The normalized spacial score (nSPS) is 25.1. The van der Waals surface area contributed by atoms with Crippen LogP contribution in [-0.4, -0.2) is 0 Å². The molecule has 0 amide bonds. The Balaban J connectivity index is 2.20. The Morgan fingerprint density at radius 3 is 2.00 bits per heavy atom. The van der Waals surface area contributed by atoms with Crippen molar-refractivity contribution in [2.45, 2.75) is 19.3 Å². The van der Waals surface area contributed by atoms with Crippen molar-refractivity contribution in [3.63, 3.8) is 0 Å². The number of hydrogen-bond acceptors (Lipinski definition) is 0. The Kier molecular flexibility index (Phi) is 0.498. The van der Waals surface area contributed by atoms with Crippen molar-refractivity contribution in [3.05, 3.63) is 23.3 Å². The zero-order valence-electron chi connectivity index (χ0n) is 4.28. The lowest BCUT2D eigenvalue weighted by molar-refractivity contribution is 0.894. The van der Waals surface area contributed by atoms with Gasteiger partial charge in [0.15, 0.2) is 0 Å². The highest BCUT2D eigenvalue weighted by molar-refractivity contribution is 5.45. The van der Waals surface area contributed by atoms with E-state index < -0.39 is 0 Å². The molecule has 2 aliphatic rings. The lowest BCUT2D eigenvalue weighted by Gasteiger charge is -2.09. The standard InChI is InChI=1S/C7H8/c1-2-6(3-1)7-4-5-7/h2,4H,1,3,5H2. The van der Waals surface area contributed by atoms with Gasteiger partial charge in [-0.3, -0.25) is 0 Å². The molecule has 0 bridgehead atoms. The smallest absolute Gasteiger partial charge is 0.00918 e. The lowest BCUT2D eigenvalue weighted by atomic mass is 9.97. The summed E-state index contributed by atoms with van der Waals surface area (Å²) in [7, 11) is 0. The summed E-state index contributed by atoms with van der Waals surface area (Å²) in [5.74, 6) is 0. The molecule has 0 fully saturated rings. The fourth-order valence-corrected chi connectivity index (χ4v) is 0.894. The Morgan fingerprint density at radius 2 is 1.86 bits per heavy atom. The first kappa shape index (κ1) is 3.48. The Hall–Kier alpha value is -0.520. The predicted molar refractivity (Wildman–Crippen MR) is 30.0 cm³/mol. The van der Waals surface area contributed by atoms with Crippen LogP contribution in [0.5, 0.6) is 0 Å². The van der Waals surface area contributed by atoms with Gasteiger partial charge in [0.1, 0.15) is 0 Å². The van der Waals surface area contributed by atoms with Crippen LogP contribution in [0.3, 0.4) is 0 Å². The van der Waals surface area contributed by atoms with Crippen molar-refractivity contribution in [2.75, 3.05) is 0 Å². The predicted octanol–water partition coefficient (Wildman–Crippen LogP) is 2.04. The summed E-state index contributed by atoms with van der Waals surface area (Å²) in [4.78, 5) is 0. The lowest BCUT2D eigenvalue weighted by Crippen LogP contribution is -1.89. The molecule has 0 aromatic rings. The molecule has 0 spiro atoms. The Bertz CT molecular complexity index is 149. The maximum atomic E-state index is 2.33. The van der Waals surface area contributed by atoms with Gasteiger partial charge in [-0.1, -0.05) is 12.2 Å². The van der Waals surface area contributed by atoms with Crippen LogP contribution >= 0.6 is 0 Å². The second-order valence-electron chi connectivity index (χ2n) is 2.20. The van der Waals surface area contributed by atoms with Crippen LogP contribution in [0.4, 0.5) is 0 Å². The molecule has 0 N–H and O–H groups in total. The van der Waals surface area contributed by atoms with Crippen LogP contribution in [0, 0.1) is 0 Å². The van der Waals surface area contributed by atoms with Crippen molar-refractivity contribution >= 4 is 0 Å². The number of rotatable bonds is 1. The van der Waals surface area contributed by atoms with E-state index in [1.165, 1.54) is 19.3 Å². The molecule has 0 atom stereocenters. The molecule has 0 nitrogen and oxygen atoms in total. The molecule has 0 radical (unpaired) electrons. The molecule has 0 saturated heterocycles. The first-order valence-corrected chi connectivity index (χ1v) is 2.85. The summed E-state index contributed by atoms with van der Waals surface area (Å²) in [6.07, 6.45) is 8.59. The Morgan fingerprint density at radius 1 is 1.14 bits per heavy atom. The first-order chi connectivity index (χ1) is 3.47. The monoisotopic (exact) mass is 92.1 g/mol. The topological polar surface area (TPSA) is 0 Å². The fourth-order valence-electron chi connectivity index (χ4n) is 0.894. The van der Waals surface area contributed by atoms with Gasteiger partial charge in [0.2, 0.25) is 0 Å². The van der Waals surface area contributed by atoms with Gasteiger partial charge in [0, 0.05) is 0 Å². The highest BCUT2D eigenvalue weighted by Crippen LogP contribution is 2.35. The van der Waals surface area contributed by atoms with E-state index >= 15 is 0 Å². The van der Waals surface area contributed by atoms with Gasteiger partial charge in [-0.2, -0.15) is 0 Å². The molecule has 0 aromatic carbocycles. The highest BCUT2D eigenvalue weighted by atomic mass is 14.2. The van der Waals surface area contributed by atoms with Gasteiger partial charge < -0.3 is 0 Å². The van der Waals surface area contributed by atoms with Crippen molar-refractivity contribution in [1.82, 2.24) is 0 Å². The molecular formula is C7H8. The van der Waals surface area contributed by atoms with E-state index in [4.69, 9.17) is 0 Å². The summed E-state index contributed by atoms with van der Waals surface area (Å²) in [6.45, 7) is 0. The summed E-state index contributed by atoms with van der Waals surface area (Å²) in [5.41, 5.74) is 3.24. The van der Waals surface area contributed by atoms with Crippen LogP contribution in [0.25, 0.3) is 0 Å². The molecule has 0 heteroatoms. The van der Waals surface area contributed by atoms with Crippen LogP contribution in [-0.2, 0) is 0 Å². The number of hydrogen-bond donors (Lipinski definition) is 0. The molecule has 2 rings (SSSR count). The summed E-state index contributed by atoms with van der Waals surface area (Å²) in [5, 5.41) is 0. The van der Waals surface area contributed by atoms with Crippen molar-refractivity contribution in [1.29, 1.82) is 0 Å². The third-order valence-corrected chi connectivity index (χ3v) is 1.63. The largest absolute Gasteiger partial charge is 0.0807 e. The minimum absolute atomic E-state index is 1.28. The summed E-state index contributed by atoms with van der Waals surface area (Å²) in [6, 6.07) is 0. The van der Waals surface area contributed by atoms with E-state index in [9.17, 15) is 0 Å². The quantitative estimate of drug-likeness (QED) is 0.464.